The van der Waals surface area contributed by atoms with Crippen LogP contribution in [-0.2, 0) is 15.9 Å². The number of benzene rings is 1. The van der Waals surface area contributed by atoms with Crippen LogP contribution in [0.25, 0.3) is 0 Å². The van der Waals surface area contributed by atoms with Gasteiger partial charge < -0.3 is 19.7 Å². The standard InChI is InChI=1S/C17H24N2O3/c1-2-13-3-5-15(6-4-13)18-17(20)19-9-7-14(8-10-19)16-21-11-12-22-16/h3-6,14,16H,2,7-12H2,1H3,(H,18,20). The van der Waals surface area contributed by atoms with Crippen LogP contribution in [0.4, 0.5) is 10.5 Å². The number of piperidine rings is 1. The summed E-state index contributed by atoms with van der Waals surface area (Å²) in [7, 11) is 0. The van der Waals surface area contributed by atoms with Crippen LogP contribution in [0.15, 0.2) is 24.3 Å². The summed E-state index contributed by atoms with van der Waals surface area (Å²) in [6.45, 7) is 5.02. The summed E-state index contributed by atoms with van der Waals surface area (Å²) in [5.74, 6) is 0.412. The van der Waals surface area contributed by atoms with Crippen molar-refractivity contribution in [2.75, 3.05) is 31.6 Å². The number of carbonyl (C=O) groups is 1. The van der Waals surface area contributed by atoms with Gasteiger partial charge in [-0.25, -0.2) is 4.79 Å². The third-order valence-electron chi connectivity index (χ3n) is 4.47. The number of likely N-dealkylation sites (tertiary alicyclic amines) is 1. The van der Waals surface area contributed by atoms with Crippen LogP contribution < -0.4 is 5.32 Å². The van der Waals surface area contributed by atoms with E-state index in [2.05, 4.69) is 24.4 Å². The number of hydrogen-bond donors (Lipinski definition) is 1. The Hall–Kier alpha value is -1.59. The summed E-state index contributed by atoms with van der Waals surface area (Å²) in [6.07, 6.45) is 2.82. The highest BCUT2D eigenvalue weighted by Crippen LogP contribution is 2.26. The molecule has 3 rings (SSSR count). The molecule has 2 aliphatic heterocycles. The maximum atomic E-state index is 12.3. The molecule has 1 N–H and O–H groups in total. The summed E-state index contributed by atoms with van der Waals surface area (Å²) >= 11 is 0. The first kappa shape index (κ1) is 15.3. The SMILES string of the molecule is CCc1ccc(NC(=O)N2CCC(C3OCCO3)CC2)cc1. The molecule has 0 aromatic heterocycles. The topological polar surface area (TPSA) is 50.8 Å². The van der Waals surface area contributed by atoms with Gasteiger partial charge in [0.25, 0.3) is 0 Å². The van der Waals surface area contributed by atoms with E-state index >= 15 is 0 Å². The molecule has 2 saturated heterocycles. The van der Waals surface area contributed by atoms with Crippen LogP contribution in [0.1, 0.15) is 25.3 Å². The Kier molecular flexibility index (Phi) is 4.95. The van der Waals surface area contributed by atoms with Crippen LogP contribution >= 0.6 is 0 Å². The number of hydrogen-bond acceptors (Lipinski definition) is 3. The minimum atomic E-state index is -0.0631. The van der Waals surface area contributed by atoms with Gasteiger partial charge in [-0.1, -0.05) is 19.1 Å². The van der Waals surface area contributed by atoms with Gasteiger partial charge >= 0.3 is 6.03 Å². The summed E-state index contributed by atoms with van der Waals surface area (Å²) < 4.78 is 11.1. The molecule has 120 valence electrons. The average molecular weight is 304 g/mol. The molecule has 0 saturated carbocycles. The van der Waals surface area contributed by atoms with E-state index in [-0.39, 0.29) is 12.3 Å². The predicted molar refractivity (Wildman–Crippen MR) is 84.8 cm³/mol. The fourth-order valence-corrected chi connectivity index (χ4v) is 3.05. The van der Waals surface area contributed by atoms with Crippen LogP contribution in [0.5, 0.6) is 0 Å². The van der Waals surface area contributed by atoms with Crippen LogP contribution in [0.3, 0.4) is 0 Å². The van der Waals surface area contributed by atoms with E-state index in [1.165, 1.54) is 5.56 Å². The van der Waals surface area contributed by atoms with Gasteiger partial charge in [-0.15, -0.1) is 0 Å². The first-order chi connectivity index (χ1) is 10.8. The molecule has 2 heterocycles. The Morgan fingerprint density at radius 2 is 1.82 bits per heavy atom. The molecule has 0 radical (unpaired) electrons. The van der Waals surface area contributed by atoms with Gasteiger partial charge in [-0.05, 0) is 37.0 Å². The predicted octanol–water partition coefficient (Wildman–Crippen LogP) is 2.87. The third kappa shape index (κ3) is 3.59. The first-order valence-electron chi connectivity index (χ1n) is 8.14. The molecule has 0 spiro atoms. The van der Waals surface area contributed by atoms with Gasteiger partial charge in [-0.3, -0.25) is 0 Å². The number of carbonyl (C=O) groups excluding carboxylic acids is 1. The third-order valence-corrected chi connectivity index (χ3v) is 4.47. The Morgan fingerprint density at radius 1 is 1.18 bits per heavy atom. The number of aryl methyl sites for hydroxylation is 1. The van der Waals surface area contributed by atoms with Crippen LogP contribution in [0.2, 0.25) is 0 Å². The Bertz CT molecular complexity index is 489. The van der Waals surface area contributed by atoms with Gasteiger partial charge in [0, 0.05) is 24.7 Å². The fourth-order valence-electron chi connectivity index (χ4n) is 3.05. The molecule has 0 unspecified atom stereocenters. The number of urea groups is 1. The highest BCUT2D eigenvalue weighted by atomic mass is 16.7. The number of ether oxygens (including phenoxy) is 2. The maximum absolute atomic E-state index is 12.3. The van der Waals surface area contributed by atoms with Crippen molar-refractivity contribution >= 4 is 11.7 Å². The van der Waals surface area contributed by atoms with E-state index in [0.717, 1.165) is 38.0 Å². The van der Waals surface area contributed by atoms with E-state index in [1.54, 1.807) is 0 Å². The van der Waals surface area contributed by atoms with Crippen molar-refractivity contribution in [1.29, 1.82) is 0 Å². The minimum Gasteiger partial charge on any atom is -0.350 e. The number of amides is 2. The Balaban J connectivity index is 1.48. The van der Waals surface area contributed by atoms with Gasteiger partial charge in [0.1, 0.15) is 0 Å². The molecule has 2 amide bonds. The van der Waals surface area contributed by atoms with Gasteiger partial charge in [0.2, 0.25) is 0 Å². The highest BCUT2D eigenvalue weighted by molar-refractivity contribution is 5.89. The van der Waals surface area contributed by atoms with Crippen molar-refractivity contribution in [3.05, 3.63) is 29.8 Å². The zero-order chi connectivity index (χ0) is 15.4. The molecular formula is C17H24N2O3. The lowest BCUT2D eigenvalue weighted by molar-refractivity contribution is -0.0950. The van der Waals surface area contributed by atoms with Gasteiger partial charge in [0.05, 0.1) is 13.2 Å². The number of nitrogens with one attached hydrogen (secondary N) is 1. The summed E-state index contributed by atoms with van der Waals surface area (Å²) in [5.41, 5.74) is 2.13. The number of nitrogens with zero attached hydrogens (tertiary/aromatic N) is 1. The molecule has 0 bridgehead atoms. The lowest BCUT2D eigenvalue weighted by atomic mass is 9.96. The quantitative estimate of drug-likeness (QED) is 0.934. The average Bonchev–Trinajstić information content (AvgIpc) is 3.10. The van der Waals surface area contributed by atoms with E-state index in [9.17, 15) is 4.79 Å². The van der Waals surface area contributed by atoms with Crippen LogP contribution in [0, 0.1) is 5.92 Å². The Morgan fingerprint density at radius 3 is 2.41 bits per heavy atom. The van der Waals surface area contributed by atoms with E-state index in [4.69, 9.17) is 9.47 Å². The smallest absolute Gasteiger partial charge is 0.321 e. The van der Waals surface area contributed by atoms with Gasteiger partial charge in [0.15, 0.2) is 6.29 Å². The largest absolute Gasteiger partial charge is 0.350 e. The van der Waals surface area contributed by atoms with E-state index in [1.807, 2.05) is 17.0 Å². The molecule has 0 aliphatic carbocycles. The molecule has 0 atom stereocenters. The number of rotatable bonds is 3. The first-order valence-corrected chi connectivity index (χ1v) is 8.14. The molecule has 1 aromatic rings. The second-order valence-corrected chi connectivity index (χ2v) is 5.92. The lowest BCUT2D eigenvalue weighted by Crippen LogP contribution is -2.43. The molecule has 2 fully saturated rings. The van der Waals surface area contributed by atoms with E-state index in [0.29, 0.717) is 19.1 Å². The molecule has 5 heteroatoms. The monoisotopic (exact) mass is 304 g/mol. The zero-order valence-electron chi connectivity index (χ0n) is 13.1. The zero-order valence-corrected chi connectivity index (χ0v) is 13.1. The maximum Gasteiger partial charge on any atom is 0.321 e. The fraction of sp³-hybridized carbons (Fsp3) is 0.588. The van der Waals surface area contributed by atoms with Crippen molar-refractivity contribution < 1.29 is 14.3 Å². The lowest BCUT2D eigenvalue weighted by Gasteiger charge is -2.33. The van der Waals surface area contributed by atoms with Gasteiger partial charge in [-0.2, -0.15) is 0 Å². The molecule has 5 nitrogen and oxygen atoms in total. The second-order valence-electron chi connectivity index (χ2n) is 5.92. The van der Waals surface area contributed by atoms with Crippen molar-refractivity contribution in [2.24, 2.45) is 5.92 Å². The normalized spacial score (nSPS) is 20.3. The van der Waals surface area contributed by atoms with Crippen molar-refractivity contribution in [3.63, 3.8) is 0 Å². The van der Waals surface area contributed by atoms with Crippen molar-refractivity contribution in [1.82, 2.24) is 4.90 Å². The van der Waals surface area contributed by atoms with Crippen molar-refractivity contribution in [2.45, 2.75) is 32.5 Å². The summed E-state index contributed by atoms with van der Waals surface area (Å²) in [6, 6.07) is 8.01. The molecular weight excluding hydrogens is 280 g/mol. The Labute approximate surface area is 131 Å². The molecule has 2 aliphatic rings. The van der Waals surface area contributed by atoms with Crippen molar-refractivity contribution in [3.8, 4) is 0 Å². The molecule has 22 heavy (non-hydrogen) atoms. The molecule has 1 aromatic carbocycles. The highest BCUT2D eigenvalue weighted by Gasteiger charge is 2.31. The van der Waals surface area contributed by atoms with Crippen LogP contribution in [-0.4, -0.2) is 43.5 Å². The number of anilines is 1. The van der Waals surface area contributed by atoms with E-state index < -0.39 is 0 Å². The second kappa shape index (κ2) is 7.11. The summed E-state index contributed by atoms with van der Waals surface area (Å²) in [4.78, 5) is 14.2. The minimum absolute atomic E-state index is 0.0176. The summed E-state index contributed by atoms with van der Waals surface area (Å²) in [5, 5.41) is 2.97.